The molecule has 4 aromatic rings. The van der Waals surface area contributed by atoms with Gasteiger partial charge in [0.1, 0.15) is 11.6 Å². The molecule has 2 N–H and O–H groups in total. The van der Waals surface area contributed by atoms with Gasteiger partial charge in [-0.25, -0.2) is 4.39 Å². The number of para-hydroxylation sites is 1. The molecule has 0 unspecified atom stereocenters. The van der Waals surface area contributed by atoms with Crippen LogP contribution in [0.4, 0.5) is 10.1 Å². The van der Waals surface area contributed by atoms with E-state index in [0.29, 0.717) is 22.2 Å². The van der Waals surface area contributed by atoms with Crippen LogP contribution in [0.2, 0.25) is 0 Å². The van der Waals surface area contributed by atoms with Gasteiger partial charge in [0.15, 0.2) is 11.0 Å². The van der Waals surface area contributed by atoms with Crippen molar-refractivity contribution in [2.24, 2.45) is 0 Å². The Morgan fingerprint density at radius 1 is 1.00 bits per heavy atom. The number of nitrogens with zero attached hydrogens (tertiary/aromatic N) is 3. The summed E-state index contributed by atoms with van der Waals surface area (Å²) in [7, 11) is 0. The van der Waals surface area contributed by atoms with Gasteiger partial charge in [-0.2, -0.15) is 0 Å². The van der Waals surface area contributed by atoms with Gasteiger partial charge in [0.2, 0.25) is 5.91 Å². The molecule has 0 saturated heterocycles. The molecule has 0 aliphatic heterocycles. The quantitative estimate of drug-likeness (QED) is 0.449. The lowest BCUT2D eigenvalue weighted by atomic mass is 10.2. The number of thioether (sulfide) groups is 1. The van der Waals surface area contributed by atoms with Gasteiger partial charge in [-0.15, -0.1) is 10.2 Å². The summed E-state index contributed by atoms with van der Waals surface area (Å²) in [6.45, 7) is 0. The number of carbonyl (C=O) groups is 1. The minimum atomic E-state index is -0.331. The minimum absolute atomic E-state index is 0.0770. The van der Waals surface area contributed by atoms with Gasteiger partial charge in [-0.05, 0) is 48.5 Å². The number of halogens is 1. The highest BCUT2D eigenvalue weighted by molar-refractivity contribution is 7.99. The van der Waals surface area contributed by atoms with E-state index in [9.17, 15) is 14.3 Å². The zero-order chi connectivity index (χ0) is 20.9. The standard InChI is InChI=1S/C22H17FN4O2S/c23-16-11-9-15(10-12-16)21-25-26-22(27(21)18-6-2-1-3-7-18)30-14-20(29)24-17-5-4-8-19(28)13-17/h1-13,28H,14H2,(H,24,29). The summed E-state index contributed by atoms with van der Waals surface area (Å²) in [5.74, 6) is 0.161. The fourth-order valence-electron chi connectivity index (χ4n) is 2.87. The second-order valence-electron chi connectivity index (χ2n) is 6.37. The van der Waals surface area contributed by atoms with Crippen LogP contribution in [0, 0.1) is 5.82 Å². The lowest BCUT2D eigenvalue weighted by molar-refractivity contribution is -0.113. The largest absolute Gasteiger partial charge is 0.508 e. The molecule has 0 fully saturated rings. The molecule has 0 aliphatic rings. The van der Waals surface area contributed by atoms with Crippen LogP contribution in [0.25, 0.3) is 17.1 Å². The molecule has 0 spiro atoms. The lowest BCUT2D eigenvalue weighted by Crippen LogP contribution is -2.14. The van der Waals surface area contributed by atoms with Crippen molar-refractivity contribution in [3.8, 4) is 22.8 Å². The summed E-state index contributed by atoms with van der Waals surface area (Å²) in [6, 6.07) is 21.9. The number of phenolic OH excluding ortho intramolecular Hbond substituents is 1. The van der Waals surface area contributed by atoms with Gasteiger partial charge in [-0.1, -0.05) is 36.0 Å². The second kappa shape index (κ2) is 8.79. The SMILES string of the molecule is O=C(CSc1nnc(-c2ccc(F)cc2)n1-c1ccccc1)Nc1cccc(O)c1. The Hall–Kier alpha value is -3.65. The van der Waals surface area contributed by atoms with Crippen LogP contribution in [0.5, 0.6) is 5.75 Å². The molecule has 1 aromatic heterocycles. The first kappa shape index (κ1) is 19.7. The Balaban J connectivity index is 1.58. The number of amides is 1. The minimum Gasteiger partial charge on any atom is -0.508 e. The Labute approximate surface area is 176 Å². The van der Waals surface area contributed by atoms with Crippen LogP contribution in [-0.2, 0) is 4.79 Å². The van der Waals surface area contributed by atoms with Gasteiger partial charge in [-0.3, -0.25) is 9.36 Å². The van der Waals surface area contributed by atoms with Crippen molar-refractivity contribution in [3.63, 3.8) is 0 Å². The molecule has 0 bridgehead atoms. The third kappa shape index (κ3) is 4.49. The smallest absolute Gasteiger partial charge is 0.234 e. The van der Waals surface area contributed by atoms with E-state index in [-0.39, 0.29) is 23.2 Å². The first-order valence-corrected chi connectivity index (χ1v) is 10.1. The molecule has 150 valence electrons. The Morgan fingerprint density at radius 2 is 1.77 bits per heavy atom. The van der Waals surface area contributed by atoms with Crippen molar-refractivity contribution in [1.29, 1.82) is 0 Å². The van der Waals surface area contributed by atoms with E-state index in [4.69, 9.17) is 0 Å². The fraction of sp³-hybridized carbons (Fsp3) is 0.0455. The van der Waals surface area contributed by atoms with Gasteiger partial charge in [0, 0.05) is 23.0 Å². The van der Waals surface area contributed by atoms with Crippen LogP contribution >= 0.6 is 11.8 Å². The van der Waals surface area contributed by atoms with E-state index >= 15 is 0 Å². The number of hydrogen-bond acceptors (Lipinski definition) is 5. The van der Waals surface area contributed by atoms with Crippen molar-refractivity contribution < 1.29 is 14.3 Å². The van der Waals surface area contributed by atoms with Crippen molar-refractivity contribution in [3.05, 3.63) is 84.7 Å². The maximum absolute atomic E-state index is 13.3. The zero-order valence-corrected chi connectivity index (χ0v) is 16.5. The molecular weight excluding hydrogens is 403 g/mol. The zero-order valence-electron chi connectivity index (χ0n) is 15.7. The Morgan fingerprint density at radius 3 is 2.50 bits per heavy atom. The normalized spacial score (nSPS) is 10.7. The summed E-state index contributed by atoms with van der Waals surface area (Å²) in [5.41, 5.74) is 2.05. The van der Waals surface area contributed by atoms with Crippen molar-refractivity contribution >= 4 is 23.4 Å². The molecule has 6 nitrogen and oxygen atoms in total. The van der Waals surface area contributed by atoms with Crippen LogP contribution in [0.15, 0.2) is 84.0 Å². The molecule has 4 rings (SSSR count). The molecule has 0 saturated carbocycles. The van der Waals surface area contributed by atoms with Crippen molar-refractivity contribution in [2.45, 2.75) is 5.16 Å². The summed E-state index contributed by atoms with van der Waals surface area (Å²) in [4.78, 5) is 12.3. The fourth-order valence-corrected chi connectivity index (χ4v) is 3.62. The highest BCUT2D eigenvalue weighted by Gasteiger charge is 2.17. The monoisotopic (exact) mass is 420 g/mol. The average molecular weight is 420 g/mol. The third-order valence-corrected chi connectivity index (χ3v) is 5.14. The maximum atomic E-state index is 13.3. The van der Waals surface area contributed by atoms with Crippen LogP contribution in [-0.4, -0.2) is 31.5 Å². The van der Waals surface area contributed by atoms with E-state index in [1.807, 2.05) is 34.9 Å². The number of aromatic nitrogens is 3. The van der Waals surface area contributed by atoms with E-state index in [0.717, 1.165) is 5.69 Å². The molecule has 30 heavy (non-hydrogen) atoms. The average Bonchev–Trinajstić information content (AvgIpc) is 3.17. The van der Waals surface area contributed by atoms with Gasteiger partial charge >= 0.3 is 0 Å². The van der Waals surface area contributed by atoms with E-state index in [1.165, 1.54) is 36.0 Å². The highest BCUT2D eigenvalue weighted by atomic mass is 32.2. The van der Waals surface area contributed by atoms with Crippen LogP contribution < -0.4 is 5.32 Å². The third-order valence-electron chi connectivity index (χ3n) is 4.21. The summed E-state index contributed by atoms with van der Waals surface area (Å²) in [5, 5.41) is 21.3. The summed E-state index contributed by atoms with van der Waals surface area (Å²) >= 11 is 1.23. The number of hydrogen-bond donors (Lipinski definition) is 2. The predicted molar refractivity (Wildman–Crippen MR) is 114 cm³/mol. The molecule has 1 amide bonds. The van der Waals surface area contributed by atoms with E-state index in [2.05, 4.69) is 15.5 Å². The number of carbonyl (C=O) groups excluding carboxylic acids is 1. The topological polar surface area (TPSA) is 80.0 Å². The van der Waals surface area contributed by atoms with Crippen molar-refractivity contribution in [2.75, 3.05) is 11.1 Å². The molecular formula is C22H17FN4O2S. The summed E-state index contributed by atoms with van der Waals surface area (Å²) in [6.07, 6.45) is 0. The molecule has 1 heterocycles. The Kier molecular flexibility index (Phi) is 5.76. The molecule has 8 heteroatoms. The number of nitrogens with one attached hydrogen (secondary N) is 1. The predicted octanol–water partition coefficient (Wildman–Crippen LogP) is 4.51. The number of phenols is 1. The molecule has 0 aliphatic carbocycles. The Bertz CT molecular complexity index is 1160. The lowest BCUT2D eigenvalue weighted by Gasteiger charge is -2.10. The number of anilines is 1. The highest BCUT2D eigenvalue weighted by Crippen LogP contribution is 2.28. The van der Waals surface area contributed by atoms with Gasteiger partial charge in [0.25, 0.3) is 0 Å². The number of benzene rings is 3. The first-order valence-electron chi connectivity index (χ1n) is 9.08. The van der Waals surface area contributed by atoms with E-state index in [1.54, 1.807) is 24.3 Å². The van der Waals surface area contributed by atoms with Gasteiger partial charge < -0.3 is 10.4 Å². The van der Waals surface area contributed by atoms with Gasteiger partial charge in [0.05, 0.1) is 5.75 Å². The number of aromatic hydroxyl groups is 1. The maximum Gasteiger partial charge on any atom is 0.234 e. The van der Waals surface area contributed by atoms with Crippen LogP contribution in [0.1, 0.15) is 0 Å². The summed E-state index contributed by atoms with van der Waals surface area (Å²) < 4.78 is 15.2. The first-order chi connectivity index (χ1) is 14.6. The number of rotatable bonds is 6. The molecule has 0 atom stereocenters. The van der Waals surface area contributed by atoms with E-state index < -0.39 is 0 Å². The van der Waals surface area contributed by atoms with Crippen LogP contribution in [0.3, 0.4) is 0 Å². The second-order valence-corrected chi connectivity index (χ2v) is 7.31. The van der Waals surface area contributed by atoms with Crippen molar-refractivity contribution in [1.82, 2.24) is 14.8 Å². The molecule has 3 aromatic carbocycles. The molecule has 0 radical (unpaired) electrons.